The van der Waals surface area contributed by atoms with Crippen LogP contribution in [0.1, 0.15) is 0 Å². The molecule has 0 atom stereocenters. The molecule has 1 aromatic heterocycles. The molecule has 1 heterocycles. The molecule has 2 aromatic carbocycles. The second kappa shape index (κ2) is 4.81. The van der Waals surface area contributed by atoms with Gasteiger partial charge >= 0.3 is 0 Å². The van der Waals surface area contributed by atoms with Crippen molar-refractivity contribution in [2.75, 3.05) is 4.72 Å². The van der Waals surface area contributed by atoms with E-state index < -0.39 is 26.6 Å². The van der Waals surface area contributed by atoms with Crippen LogP contribution in [0.3, 0.4) is 0 Å². The molecular weight excluding hydrogens is 300 g/mol. The summed E-state index contributed by atoms with van der Waals surface area (Å²) >= 11 is 0. The quantitative estimate of drug-likeness (QED) is 0.781. The minimum Gasteiger partial charge on any atom is -0.323 e. The lowest BCUT2D eigenvalue weighted by Gasteiger charge is -2.06. The first kappa shape index (κ1) is 13.5. The molecule has 5 nitrogen and oxygen atoms in total. The van der Waals surface area contributed by atoms with Gasteiger partial charge in [0.25, 0.3) is 10.0 Å². The Bertz CT molecular complexity index is 889. The van der Waals surface area contributed by atoms with Gasteiger partial charge < -0.3 is 4.98 Å². The van der Waals surface area contributed by atoms with Crippen LogP contribution in [0.2, 0.25) is 0 Å². The van der Waals surface area contributed by atoms with E-state index in [9.17, 15) is 17.2 Å². The van der Waals surface area contributed by atoms with Crippen LogP contribution < -0.4 is 4.72 Å². The molecule has 0 fully saturated rings. The monoisotopic (exact) mass is 309 g/mol. The van der Waals surface area contributed by atoms with E-state index >= 15 is 0 Å². The number of H-pyrrole nitrogens is 1. The molecule has 0 spiro atoms. The van der Waals surface area contributed by atoms with Crippen LogP contribution in [0, 0.1) is 11.6 Å². The third-order valence-corrected chi connectivity index (χ3v) is 4.18. The Morgan fingerprint density at radius 2 is 1.86 bits per heavy atom. The molecule has 0 radical (unpaired) electrons. The molecule has 0 saturated heterocycles. The number of para-hydroxylation sites is 2. The molecule has 0 aliphatic carbocycles. The van der Waals surface area contributed by atoms with Crippen molar-refractivity contribution >= 4 is 27.0 Å². The number of imidazole rings is 1. The fourth-order valence-corrected chi connectivity index (χ4v) is 2.90. The first-order valence-electron chi connectivity index (χ1n) is 5.88. The van der Waals surface area contributed by atoms with Crippen LogP contribution in [0.5, 0.6) is 0 Å². The van der Waals surface area contributed by atoms with Crippen LogP contribution in [-0.4, -0.2) is 18.4 Å². The van der Waals surface area contributed by atoms with Crippen molar-refractivity contribution in [3.8, 4) is 0 Å². The van der Waals surface area contributed by atoms with Gasteiger partial charge in [0.1, 0.15) is 16.5 Å². The van der Waals surface area contributed by atoms with Gasteiger partial charge in [-0.2, -0.15) is 0 Å². The van der Waals surface area contributed by atoms with E-state index in [-0.39, 0.29) is 5.95 Å². The Labute approximate surface area is 118 Å². The second-order valence-corrected chi connectivity index (χ2v) is 5.93. The topological polar surface area (TPSA) is 74.8 Å². The van der Waals surface area contributed by atoms with Gasteiger partial charge in [-0.3, -0.25) is 0 Å². The Morgan fingerprint density at radius 3 is 2.57 bits per heavy atom. The Morgan fingerprint density at radius 1 is 1.10 bits per heavy atom. The summed E-state index contributed by atoms with van der Waals surface area (Å²) in [6.07, 6.45) is 0. The number of aromatic nitrogens is 2. The number of nitrogens with zero attached hydrogens (tertiary/aromatic N) is 1. The van der Waals surface area contributed by atoms with Crippen LogP contribution >= 0.6 is 0 Å². The molecule has 0 saturated carbocycles. The van der Waals surface area contributed by atoms with Crippen LogP contribution in [0.15, 0.2) is 47.4 Å². The first-order valence-corrected chi connectivity index (χ1v) is 7.37. The van der Waals surface area contributed by atoms with Gasteiger partial charge in [-0.1, -0.05) is 12.1 Å². The highest BCUT2D eigenvalue weighted by Crippen LogP contribution is 2.20. The highest BCUT2D eigenvalue weighted by molar-refractivity contribution is 7.92. The van der Waals surface area contributed by atoms with Crippen LogP contribution in [-0.2, 0) is 10.0 Å². The number of hydrogen-bond donors (Lipinski definition) is 2. The minimum absolute atomic E-state index is 0.0417. The van der Waals surface area contributed by atoms with Crippen molar-refractivity contribution in [1.82, 2.24) is 9.97 Å². The Kier molecular flexibility index (Phi) is 3.09. The zero-order chi connectivity index (χ0) is 15.0. The van der Waals surface area contributed by atoms with Crippen molar-refractivity contribution in [2.45, 2.75) is 4.90 Å². The van der Waals surface area contributed by atoms with E-state index in [1.807, 2.05) is 0 Å². The van der Waals surface area contributed by atoms with E-state index in [2.05, 4.69) is 14.7 Å². The predicted octanol–water partition coefficient (Wildman–Crippen LogP) is 2.64. The van der Waals surface area contributed by atoms with Gasteiger partial charge in [0, 0.05) is 6.07 Å². The van der Waals surface area contributed by atoms with Gasteiger partial charge in [-0.05, 0) is 24.3 Å². The van der Waals surface area contributed by atoms with Gasteiger partial charge in [0.15, 0.2) is 0 Å². The van der Waals surface area contributed by atoms with Crippen molar-refractivity contribution in [2.24, 2.45) is 0 Å². The average molecular weight is 309 g/mol. The average Bonchev–Trinajstić information content (AvgIpc) is 2.79. The maximum absolute atomic E-state index is 13.6. The number of rotatable bonds is 3. The SMILES string of the molecule is O=S(=O)(Nc1nc2ccccc2[nH]1)c1ccc(F)cc1F. The summed E-state index contributed by atoms with van der Waals surface area (Å²) in [6, 6.07) is 9.17. The maximum atomic E-state index is 13.6. The normalized spacial score (nSPS) is 11.7. The molecule has 8 heteroatoms. The molecule has 21 heavy (non-hydrogen) atoms. The number of nitrogens with one attached hydrogen (secondary N) is 2. The fraction of sp³-hybridized carbons (Fsp3) is 0. The lowest BCUT2D eigenvalue weighted by atomic mass is 10.3. The van der Waals surface area contributed by atoms with Gasteiger partial charge in [-0.15, -0.1) is 0 Å². The third-order valence-electron chi connectivity index (χ3n) is 2.80. The molecule has 0 aliphatic heterocycles. The summed E-state index contributed by atoms with van der Waals surface area (Å²) in [7, 11) is -4.19. The first-order chi connectivity index (χ1) is 9.95. The molecule has 3 rings (SSSR count). The van der Waals surface area contributed by atoms with Crippen molar-refractivity contribution in [3.63, 3.8) is 0 Å². The van der Waals surface area contributed by atoms with Crippen molar-refractivity contribution < 1.29 is 17.2 Å². The van der Waals surface area contributed by atoms with Crippen molar-refractivity contribution in [1.29, 1.82) is 0 Å². The highest BCUT2D eigenvalue weighted by atomic mass is 32.2. The largest absolute Gasteiger partial charge is 0.323 e. The summed E-state index contributed by atoms with van der Waals surface area (Å²) in [5.74, 6) is -2.06. The zero-order valence-corrected chi connectivity index (χ0v) is 11.3. The molecule has 2 N–H and O–H groups in total. The summed E-state index contributed by atoms with van der Waals surface area (Å²) in [5.41, 5.74) is 1.20. The fourth-order valence-electron chi connectivity index (χ4n) is 1.88. The van der Waals surface area contributed by atoms with Gasteiger partial charge in [-0.25, -0.2) is 26.9 Å². The molecular formula is C13H9F2N3O2S. The van der Waals surface area contributed by atoms with E-state index in [1.54, 1.807) is 24.3 Å². The molecule has 0 unspecified atom stereocenters. The number of fused-ring (bicyclic) bond motifs is 1. The van der Waals surface area contributed by atoms with E-state index in [4.69, 9.17) is 0 Å². The number of halogens is 2. The number of aromatic amines is 1. The zero-order valence-electron chi connectivity index (χ0n) is 10.5. The van der Waals surface area contributed by atoms with Gasteiger partial charge in [0.2, 0.25) is 5.95 Å². The standard InChI is InChI=1S/C13H9F2N3O2S/c14-8-5-6-12(9(15)7-8)21(19,20)18-13-16-10-3-1-2-4-11(10)17-13/h1-7H,(H2,16,17,18). The second-order valence-electron chi connectivity index (χ2n) is 4.28. The minimum atomic E-state index is -4.19. The summed E-state index contributed by atoms with van der Waals surface area (Å²) < 4.78 is 52.7. The lowest BCUT2D eigenvalue weighted by Crippen LogP contribution is -2.15. The Hall–Kier alpha value is -2.48. The molecule has 3 aromatic rings. The number of hydrogen-bond acceptors (Lipinski definition) is 3. The van der Waals surface area contributed by atoms with E-state index in [0.29, 0.717) is 17.1 Å². The maximum Gasteiger partial charge on any atom is 0.267 e. The summed E-state index contributed by atoms with van der Waals surface area (Å²) in [6.45, 7) is 0. The van der Waals surface area contributed by atoms with Crippen LogP contribution in [0.25, 0.3) is 11.0 Å². The smallest absolute Gasteiger partial charge is 0.267 e. The van der Waals surface area contributed by atoms with E-state index in [1.165, 1.54) is 0 Å². The molecule has 0 amide bonds. The molecule has 0 bridgehead atoms. The van der Waals surface area contributed by atoms with Crippen molar-refractivity contribution in [3.05, 3.63) is 54.1 Å². The lowest BCUT2D eigenvalue weighted by molar-refractivity contribution is 0.551. The predicted molar refractivity (Wildman–Crippen MR) is 73.3 cm³/mol. The van der Waals surface area contributed by atoms with E-state index in [0.717, 1.165) is 12.1 Å². The third kappa shape index (κ3) is 2.57. The molecule has 108 valence electrons. The highest BCUT2D eigenvalue weighted by Gasteiger charge is 2.21. The number of anilines is 1. The van der Waals surface area contributed by atoms with Gasteiger partial charge in [0.05, 0.1) is 11.0 Å². The number of benzene rings is 2. The Balaban J connectivity index is 1.99. The van der Waals surface area contributed by atoms with Crippen LogP contribution in [0.4, 0.5) is 14.7 Å². The summed E-state index contributed by atoms with van der Waals surface area (Å²) in [4.78, 5) is 6.13. The number of sulfonamides is 1. The molecule has 0 aliphatic rings. The summed E-state index contributed by atoms with van der Waals surface area (Å²) in [5, 5.41) is 0.